The number of carbonyl (C=O) groups excluding carboxylic acids is 2. The van der Waals surface area contributed by atoms with Gasteiger partial charge in [-0.05, 0) is 50.5 Å². The lowest BCUT2D eigenvalue weighted by molar-refractivity contribution is -0.128. The van der Waals surface area contributed by atoms with Crippen molar-refractivity contribution in [3.63, 3.8) is 0 Å². The normalized spacial score (nSPS) is 30.0. The van der Waals surface area contributed by atoms with Crippen LogP contribution < -0.4 is 0 Å². The number of rotatable bonds is 4. The van der Waals surface area contributed by atoms with Crippen LogP contribution >= 0.6 is 0 Å². The Morgan fingerprint density at radius 2 is 2.13 bits per heavy atom. The van der Waals surface area contributed by atoms with E-state index < -0.39 is 0 Å². The number of urea groups is 1. The second kappa shape index (κ2) is 5.65. The van der Waals surface area contributed by atoms with Gasteiger partial charge in [-0.15, -0.1) is 0 Å². The van der Waals surface area contributed by atoms with E-state index in [0.717, 1.165) is 36.9 Å². The minimum absolute atomic E-state index is 0.0355. The Labute approximate surface area is 136 Å². The Bertz CT molecular complexity index is 626. The van der Waals surface area contributed by atoms with Crippen molar-refractivity contribution in [1.29, 1.82) is 0 Å². The topological polar surface area (TPSA) is 69.3 Å². The number of nitrogens with zero attached hydrogens (tertiary/aromatic N) is 3. The third-order valence-corrected chi connectivity index (χ3v) is 5.85. The zero-order valence-corrected chi connectivity index (χ0v) is 13.6. The monoisotopic (exact) mass is 316 g/mol. The van der Waals surface area contributed by atoms with Gasteiger partial charge in [-0.1, -0.05) is 12.8 Å². The first-order chi connectivity index (χ1) is 11.2. The molecular weight excluding hydrogens is 292 g/mol. The first-order valence-corrected chi connectivity index (χ1v) is 8.79. The van der Waals surface area contributed by atoms with Gasteiger partial charge in [0, 0.05) is 18.3 Å². The molecule has 124 valence electrons. The smallest absolute Gasteiger partial charge is 0.309 e. The highest BCUT2D eigenvalue weighted by Crippen LogP contribution is 2.43. The van der Waals surface area contributed by atoms with Gasteiger partial charge in [0.15, 0.2) is 0 Å². The first-order valence-electron chi connectivity index (χ1n) is 8.79. The fourth-order valence-electron chi connectivity index (χ4n) is 4.63. The minimum atomic E-state index is -0.175. The maximum absolute atomic E-state index is 12.7. The number of aryl methyl sites for hydroxylation is 2. The molecule has 0 radical (unpaired) electrons. The second-order valence-corrected chi connectivity index (χ2v) is 7.17. The van der Waals surface area contributed by atoms with Gasteiger partial charge in [0.2, 0.25) is 0 Å². The molecule has 2 saturated heterocycles. The fourth-order valence-corrected chi connectivity index (χ4v) is 4.63. The number of hydrogen-bond acceptors (Lipinski definition) is 3. The van der Waals surface area contributed by atoms with E-state index in [1.165, 1.54) is 24.2 Å². The molecule has 3 fully saturated rings. The van der Waals surface area contributed by atoms with Crippen molar-refractivity contribution in [2.24, 2.45) is 5.92 Å². The molecule has 3 amide bonds. The minimum Gasteiger partial charge on any atom is -0.309 e. The Kier molecular flexibility index (Phi) is 3.62. The Morgan fingerprint density at radius 1 is 1.30 bits per heavy atom. The number of aromatic amines is 1. The Balaban J connectivity index is 1.40. The Hall–Kier alpha value is -1.85. The van der Waals surface area contributed by atoms with Gasteiger partial charge >= 0.3 is 6.03 Å². The van der Waals surface area contributed by atoms with Gasteiger partial charge < -0.3 is 4.90 Å². The van der Waals surface area contributed by atoms with Crippen molar-refractivity contribution in [2.75, 3.05) is 6.54 Å². The molecule has 0 aromatic carbocycles. The molecule has 3 aliphatic rings. The lowest BCUT2D eigenvalue weighted by atomic mass is 9.84. The number of nitrogens with one attached hydrogen (secondary N) is 1. The van der Waals surface area contributed by atoms with Crippen molar-refractivity contribution >= 4 is 11.9 Å². The van der Waals surface area contributed by atoms with Crippen LogP contribution in [0, 0.1) is 12.8 Å². The van der Waals surface area contributed by atoms with E-state index in [2.05, 4.69) is 10.2 Å². The van der Waals surface area contributed by atoms with Gasteiger partial charge in [-0.2, -0.15) is 5.10 Å². The summed E-state index contributed by atoms with van der Waals surface area (Å²) in [4.78, 5) is 28.8. The molecule has 23 heavy (non-hydrogen) atoms. The Morgan fingerprint density at radius 3 is 2.91 bits per heavy atom. The van der Waals surface area contributed by atoms with E-state index in [-0.39, 0.29) is 18.0 Å². The van der Waals surface area contributed by atoms with Gasteiger partial charge in [-0.25, -0.2) is 4.79 Å². The van der Waals surface area contributed by atoms with E-state index >= 15 is 0 Å². The first kappa shape index (κ1) is 14.7. The van der Waals surface area contributed by atoms with Crippen molar-refractivity contribution in [2.45, 2.75) is 64.0 Å². The predicted molar refractivity (Wildman–Crippen MR) is 84.7 cm³/mol. The molecule has 1 aromatic rings. The predicted octanol–water partition coefficient (Wildman–Crippen LogP) is 2.25. The molecule has 2 aliphatic heterocycles. The number of hydrogen-bond donors (Lipinski definition) is 1. The zero-order valence-electron chi connectivity index (χ0n) is 13.6. The van der Waals surface area contributed by atoms with E-state index in [1.807, 2.05) is 18.0 Å². The van der Waals surface area contributed by atoms with Crippen LogP contribution in [0.25, 0.3) is 0 Å². The van der Waals surface area contributed by atoms with Gasteiger partial charge in [0.05, 0.1) is 6.20 Å². The highest BCUT2D eigenvalue weighted by Gasteiger charge is 2.55. The molecule has 1 aliphatic carbocycles. The molecule has 0 bridgehead atoms. The van der Waals surface area contributed by atoms with Crippen molar-refractivity contribution in [3.8, 4) is 0 Å². The highest BCUT2D eigenvalue weighted by atomic mass is 16.2. The number of imide groups is 1. The van der Waals surface area contributed by atoms with Crippen LogP contribution in [0.2, 0.25) is 0 Å². The SMILES string of the molecule is Cc1[nH]ncc1CCCN1C(=O)[C@@H]2C[C@@H]3CCCC[C@@H]3N2C1=O. The number of carbonyl (C=O) groups is 2. The molecule has 1 aromatic heterocycles. The third-order valence-electron chi connectivity index (χ3n) is 5.85. The van der Waals surface area contributed by atoms with Crippen LogP contribution in [0.4, 0.5) is 4.79 Å². The summed E-state index contributed by atoms with van der Waals surface area (Å²) in [6.07, 6.45) is 9.03. The van der Waals surface area contributed by atoms with Gasteiger partial charge in [0.25, 0.3) is 5.91 Å². The average Bonchev–Trinajstić information content (AvgIpc) is 3.19. The highest BCUT2D eigenvalue weighted by molar-refractivity contribution is 6.04. The second-order valence-electron chi connectivity index (χ2n) is 7.17. The van der Waals surface area contributed by atoms with Crippen LogP contribution in [-0.2, 0) is 11.2 Å². The number of aromatic nitrogens is 2. The summed E-state index contributed by atoms with van der Waals surface area (Å²) < 4.78 is 0. The molecule has 4 rings (SSSR count). The lowest BCUT2D eigenvalue weighted by Gasteiger charge is -2.31. The molecule has 6 heteroatoms. The summed E-state index contributed by atoms with van der Waals surface area (Å²) in [7, 11) is 0. The van der Waals surface area contributed by atoms with E-state index in [4.69, 9.17) is 0 Å². The van der Waals surface area contributed by atoms with Gasteiger partial charge in [-0.3, -0.25) is 14.8 Å². The number of H-pyrrole nitrogens is 1. The molecule has 1 saturated carbocycles. The molecular formula is C17H24N4O2. The number of fused-ring (bicyclic) bond motifs is 3. The molecule has 0 unspecified atom stereocenters. The summed E-state index contributed by atoms with van der Waals surface area (Å²) in [5, 5.41) is 6.94. The molecule has 1 N–H and O–H groups in total. The van der Waals surface area contributed by atoms with Crippen molar-refractivity contribution in [3.05, 3.63) is 17.5 Å². The maximum Gasteiger partial charge on any atom is 0.327 e. The van der Waals surface area contributed by atoms with Gasteiger partial charge in [0.1, 0.15) is 6.04 Å². The van der Waals surface area contributed by atoms with Crippen LogP contribution in [0.15, 0.2) is 6.20 Å². The molecule has 0 spiro atoms. The van der Waals surface area contributed by atoms with E-state index in [9.17, 15) is 9.59 Å². The van der Waals surface area contributed by atoms with Crippen LogP contribution in [0.1, 0.15) is 49.8 Å². The third kappa shape index (κ3) is 2.35. The summed E-state index contributed by atoms with van der Waals surface area (Å²) in [5.41, 5.74) is 2.23. The molecule has 3 atom stereocenters. The maximum atomic E-state index is 12.7. The van der Waals surface area contributed by atoms with Crippen LogP contribution in [-0.4, -0.2) is 50.6 Å². The summed E-state index contributed by atoms with van der Waals surface area (Å²) in [5.74, 6) is 0.589. The fraction of sp³-hybridized carbons (Fsp3) is 0.706. The largest absolute Gasteiger partial charge is 0.327 e. The summed E-state index contributed by atoms with van der Waals surface area (Å²) >= 11 is 0. The van der Waals surface area contributed by atoms with Crippen LogP contribution in [0.5, 0.6) is 0 Å². The van der Waals surface area contributed by atoms with Crippen LogP contribution in [0.3, 0.4) is 0 Å². The van der Waals surface area contributed by atoms with Crippen molar-refractivity contribution < 1.29 is 9.59 Å². The summed E-state index contributed by atoms with van der Waals surface area (Å²) in [6.45, 7) is 2.51. The van der Waals surface area contributed by atoms with E-state index in [0.29, 0.717) is 18.5 Å². The molecule has 6 nitrogen and oxygen atoms in total. The van der Waals surface area contributed by atoms with Crippen molar-refractivity contribution in [1.82, 2.24) is 20.0 Å². The van der Waals surface area contributed by atoms with E-state index in [1.54, 1.807) is 0 Å². The zero-order chi connectivity index (χ0) is 16.0. The lowest BCUT2D eigenvalue weighted by Crippen LogP contribution is -2.41. The quantitative estimate of drug-likeness (QED) is 0.866. The number of amides is 3. The summed E-state index contributed by atoms with van der Waals surface area (Å²) in [6, 6.07) is 0.0934. The standard InChI is InChI=1S/C17H24N4O2/c1-11-13(10-18-19-11)6-4-8-20-16(22)15-9-12-5-2-3-7-14(12)21(15)17(20)23/h10,12,14-15H,2-9H2,1H3,(H,18,19)/t12-,14-,15-/m0/s1. The molecule has 3 heterocycles. The average molecular weight is 316 g/mol.